The zero-order valence-electron chi connectivity index (χ0n) is 6.86. The molecule has 0 fully saturated rings. The highest BCUT2D eigenvalue weighted by atomic mass is 79.9. The van der Waals surface area contributed by atoms with Gasteiger partial charge in [0.05, 0.1) is 15.0 Å². The van der Waals surface area contributed by atoms with Crippen molar-refractivity contribution in [2.75, 3.05) is 5.73 Å². The van der Waals surface area contributed by atoms with Crippen LogP contribution in [0.3, 0.4) is 0 Å². The lowest BCUT2D eigenvalue weighted by Gasteiger charge is -2.02. The van der Waals surface area contributed by atoms with Gasteiger partial charge in [-0.3, -0.25) is 14.9 Å². The van der Waals surface area contributed by atoms with Crippen LogP contribution in [-0.4, -0.2) is 10.8 Å². The summed E-state index contributed by atoms with van der Waals surface area (Å²) in [4.78, 5) is 20.7. The third-order valence-electron chi connectivity index (χ3n) is 1.58. The molecule has 0 unspecified atom stereocenters. The Morgan fingerprint density at radius 3 is 2.50 bits per heavy atom. The minimum absolute atomic E-state index is 0.0556. The fraction of sp³-hybridized carbons (Fsp3) is 0. The third-order valence-corrected chi connectivity index (χ3v) is 2.22. The van der Waals surface area contributed by atoms with E-state index in [1.54, 1.807) is 0 Å². The number of nitro benzene ring substituents is 1. The quantitative estimate of drug-likeness (QED) is 0.469. The Kier molecular flexibility index (Phi) is 2.70. The minimum atomic E-state index is -0.793. The predicted molar refractivity (Wildman–Crippen MR) is 53.7 cm³/mol. The molecule has 0 heterocycles. The van der Waals surface area contributed by atoms with Crippen LogP contribution >= 0.6 is 15.9 Å². The second-order valence-corrected chi connectivity index (χ2v) is 3.37. The van der Waals surface area contributed by atoms with Crippen molar-refractivity contribution < 1.29 is 9.72 Å². The van der Waals surface area contributed by atoms with E-state index in [9.17, 15) is 14.9 Å². The molecule has 0 atom stereocenters. The van der Waals surface area contributed by atoms with Crippen LogP contribution in [-0.2, 0) is 0 Å². The molecule has 7 heteroatoms. The molecule has 0 saturated heterocycles. The van der Waals surface area contributed by atoms with E-state index in [0.717, 1.165) is 6.07 Å². The first-order valence-corrected chi connectivity index (χ1v) is 4.26. The van der Waals surface area contributed by atoms with E-state index in [2.05, 4.69) is 15.9 Å². The van der Waals surface area contributed by atoms with E-state index in [-0.39, 0.29) is 21.4 Å². The van der Waals surface area contributed by atoms with Gasteiger partial charge in [0.2, 0.25) is 0 Å². The Labute approximate surface area is 87.2 Å². The van der Waals surface area contributed by atoms with Gasteiger partial charge in [0.1, 0.15) is 0 Å². The molecule has 0 aliphatic rings. The number of hydrogen-bond donors (Lipinski definition) is 2. The first kappa shape index (κ1) is 10.5. The number of halogens is 1. The highest BCUT2D eigenvalue weighted by Crippen LogP contribution is 2.29. The zero-order valence-corrected chi connectivity index (χ0v) is 8.45. The molecule has 1 amide bonds. The molecule has 74 valence electrons. The van der Waals surface area contributed by atoms with Gasteiger partial charge in [-0.2, -0.15) is 0 Å². The number of rotatable bonds is 2. The fourth-order valence-corrected chi connectivity index (χ4v) is 1.44. The number of nitrogen functional groups attached to an aromatic ring is 1. The zero-order chi connectivity index (χ0) is 10.9. The number of nitrogens with zero attached hydrogens (tertiary/aromatic N) is 1. The summed E-state index contributed by atoms with van der Waals surface area (Å²) in [6.07, 6.45) is 0. The van der Waals surface area contributed by atoms with Crippen LogP contribution < -0.4 is 11.5 Å². The number of amides is 1. The average molecular weight is 260 g/mol. The number of hydrogen-bond acceptors (Lipinski definition) is 4. The Hall–Kier alpha value is -1.63. The second-order valence-electron chi connectivity index (χ2n) is 2.51. The molecule has 4 N–H and O–H groups in total. The molecule has 0 aliphatic carbocycles. The molecule has 6 nitrogen and oxygen atoms in total. The lowest BCUT2D eigenvalue weighted by molar-refractivity contribution is -0.385. The Bertz CT molecular complexity index is 384. The van der Waals surface area contributed by atoms with E-state index >= 15 is 0 Å². The van der Waals surface area contributed by atoms with Gasteiger partial charge in [0.15, 0.2) is 0 Å². The lowest BCUT2D eigenvalue weighted by Crippen LogP contribution is -2.14. The summed E-state index contributed by atoms with van der Waals surface area (Å²) in [5, 5.41) is 10.5. The monoisotopic (exact) mass is 259 g/mol. The van der Waals surface area contributed by atoms with Crippen molar-refractivity contribution in [2.45, 2.75) is 0 Å². The van der Waals surface area contributed by atoms with Crippen LogP contribution in [0.1, 0.15) is 10.4 Å². The second kappa shape index (κ2) is 3.62. The topological polar surface area (TPSA) is 112 Å². The summed E-state index contributed by atoms with van der Waals surface area (Å²) < 4.78 is 0.213. The van der Waals surface area contributed by atoms with E-state index in [0.29, 0.717) is 0 Å². The summed E-state index contributed by atoms with van der Waals surface area (Å²) in [5.41, 5.74) is 10.2. The normalized spacial score (nSPS) is 9.79. The highest BCUT2D eigenvalue weighted by Gasteiger charge is 2.17. The van der Waals surface area contributed by atoms with Gasteiger partial charge in [0, 0.05) is 11.8 Å². The summed E-state index contributed by atoms with van der Waals surface area (Å²) in [5.74, 6) is -0.793. The van der Waals surface area contributed by atoms with E-state index in [1.807, 2.05) is 0 Å². The van der Waals surface area contributed by atoms with Crippen molar-refractivity contribution in [1.82, 2.24) is 0 Å². The van der Waals surface area contributed by atoms with E-state index in [1.165, 1.54) is 6.07 Å². The van der Waals surface area contributed by atoms with Crippen molar-refractivity contribution >= 4 is 33.2 Å². The molecule has 0 spiro atoms. The fourth-order valence-electron chi connectivity index (χ4n) is 0.931. The Morgan fingerprint density at radius 1 is 1.50 bits per heavy atom. The lowest BCUT2D eigenvalue weighted by atomic mass is 10.1. The number of carbonyl (C=O) groups is 1. The van der Waals surface area contributed by atoms with Crippen LogP contribution in [0.25, 0.3) is 0 Å². The number of nitro groups is 1. The van der Waals surface area contributed by atoms with Crippen molar-refractivity contribution in [1.29, 1.82) is 0 Å². The number of anilines is 1. The predicted octanol–water partition coefficient (Wildman–Crippen LogP) is 1.04. The summed E-state index contributed by atoms with van der Waals surface area (Å²) in [6, 6.07) is 2.32. The summed E-state index contributed by atoms with van der Waals surface area (Å²) >= 11 is 2.96. The minimum Gasteiger partial charge on any atom is -0.398 e. The molecular formula is C7H6BrN3O3. The van der Waals surface area contributed by atoms with Crippen molar-refractivity contribution in [2.24, 2.45) is 5.73 Å². The standard InChI is InChI=1S/C7H6BrN3O3/c8-4-2-5(9)3(7(10)12)1-6(4)11(13)14/h1-2H,9H2,(H2,10,12). The summed E-state index contributed by atoms with van der Waals surface area (Å²) in [6.45, 7) is 0. The van der Waals surface area contributed by atoms with Crippen LogP contribution in [0, 0.1) is 10.1 Å². The third kappa shape index (κ3) is 1.82. The highest BCUT2D eigenvalue weighted by molar-refractivity contribution is 9.10. The Balaban J connectivity index is 3.42. The molecule has 14 heavy (non-hydrogen) atoms. The summed E-state index contributed by atoms with van der Waals surface area (Å²) in [7, 11) is 0. The maximum Gasteiger partial charge on any atom is 0.284 e. The van der Waals surface area contributed by atoms with Gasteiger partial charge < -0.3 is 11.5 Å². The van der Waals surface area contributed by atoms with Gasteiger partial charge >= 0.3 is 0 Å². The molecule has 0 aromatic heterocycles. The van der Waals surface area contributed by atoms with Gasteiger partial charge in [-0.05, 0) is 22.0 Å². The van der Waals surface area contributed by atoms with Gasteiger partial charge in [-0.1, -0.05) is 0 Å². The van der Waals surface area contributed by atoms with Gasteiger partial charge in [0.25, 0.3) is 11.6 Å². The first-order chi connectivity index (χ1) is 6.43. The molecule has 1 aromatic carbocycles. The molecule has 0 bridgehead atoms. The molecule has 0 saturated carbocycles. The van der Waals surface area contributed by atoms with Gasteiger partial charge in [-0.15, -0.1) is 0 Å². The van der Waals surface area contributed by atoms with Crippen molar-refractivity contribution in [3.63, 3.8) is 0 Å². The molecule has 1 rings (SSSR count). The number of nitrogens with two attached hydrogens (primary N) is 2. The van der Waals surface area contributed by atoms with Crippen LogP contribution in [0.5, 0.6) is 0 Å². The van der Waals surface area contributed by atoms with Crippen LogP contribution in [0.4, 0.5) is 11.4 Å². The maximum absolute atomic E-state index is 10.8. The average Bonchev–Trinajstić information content (AvgIpc) is 2.02. The molecule has 1 aromatic rings. The number of carbonyl (C=O) groups excluding carboxylic acids is 1. The van der Waals surface area contributed by atoms with Crippen LogP contribution in [0.2, 0.25) is 0 Å². The number of primary amides is 1. The molecular weight excluding hydrogens is 254 g/mol. The molecule has 0 aliphatic heterocycles. The van der Waals surface area contributed by atoms with Crippen LogP contribution in [0.15, 0.2) is 16.6 Å². The number of benzene rings is 1. The smallest absolute Gasteiger partial charge is 0.284 e. The maximum atomic E-state index is 10.8. The Morgan fingerprint density at radius 2 is 2.07 bits per heavy atom. The largest absolute Gasteiger partial charge is 0.398 e. The molecule has 0 radical (unpaired) electrons. The van der Waals surface area contributed by atoms with Crippen molar-refractivity contribution in [3.05, 3.63) is 32.3 Å². The van der Waals surface area contributed by atoms with E-state index in [4.69, 9.17) is 11.5 Å². The van der Waals surface area contributed by atoms with E-state index < -0.39 is 10.8 Å². The van der Waals surface area contributed by atoms with Gasteiger partial charge in [-0.25, -0.2) is 0 Å². The van der Waals surface area contributed by atoms with Crippen molar-refractivity contribution in [3.8, 4) is 0 Å². The SMILES string of the molecule is NC(=O)c1cc([N+](=O)[O-])c(Br)cc1N. The first-order valence-electron chi connectivity index (χ1n) is 3.46.